The van der Waals surface area contributed by atoms with Crippen molar-refractivity contribution in [3.63, 3.8) is 0 Å². The van der Waals surface area contributed by atoms with Crippen LogP contribution in [0.4, 0.5) is 9.18 Å². The van der Waals surface area contributed by atoms with Gasteiger partial charge in [0.1, 0.15) is 12.4 Å². The molecule has 0 saturated carbocycles. The van der Waals surface area contributed by atoms with Crippen LogP contribution >= 0.6 is 0 Å². The molecule has 0 aliphatic carbocycles. The van der Waals surface area contributed by atoms with Gasteiger partial charge in [-0.3, -0.25) is 0 Å². The molecule has 1 aliphatic heterocycles. The van der Waals surface area contributed by atoms with E-state index < -0.39 is 0 Å². The molecule has 1 fully saturated rings. The van der Waals surface area contributed by atoms with Gasteiger partial charge in [-0.15, -0.1) is 0 Å². The van der Waals surface area contributed by atoms with E-state index in [1.54, 1.807) is 23.1 Å². The Morgan fingerprint density at radius 2 is 2.24 bits per heavy atom. The van der Waals surface area contributed by atoms with Gasteiger partial charge in [0.15, 0.2) is 0 Å². The molecule has 0 aromatic heterocycles. The van der Waals surface area contributed by atoms with Crippen molar-refractivity contribution in [2.45, 2.75) is 5.92 Å². The predicted octanol–water partition coefficient (Wildman–Crippen LogP) is 2.55. The zero-order chi connectivity index (χ0) is 12.3. The summed E-state index contributed by atoms with van der Waals surface area (Å²) in [6.45, 7) is 4.69. The molecular formula is C13H14FNO2. The number of amides is 1. The first-order valence-electron chi connectivity index (χ1n) is 5.49. The number of hydrogen-bond acceptors (Lipinski definition) is 2. The van der Waals surface area contributed by atoms with Crippen LogP contribution in [-0.2, 0) is 4.74 Å². The lowest BCUT2D eigenvalue weighted by atomic mass is 9.91. The molecule has 90 valence electrons. The van der Waals surface area contributed by atoms with Crippen LogP contribution in [0.1, 0.15) is 11.5 Å². The van der Waals surface area contributed by atoms with Gasteiger partial charge in [0.05, 0.1) is 0 Å². The highest BCUT2D eigenvalue weighted by Crippen LogP contribution is 2.28. The molecule has 1 heterocycles. The minimum atomic E-state index is -0.363. The average Bonchev–Trinajstić information content (AvgIpc) is 2.27. The van der Waals surface area contributed by atoms with E-state index in [-0.39, 0.29) is 24.4 Å². The van der Waals surface area contributed by atoms with Crippen LogP contribution in [0.3, 0.4) is 0 Å². The van der Waals surface area contributed by atoms with E-state index in [1.165, 1.54) is 12.1 Å². The van der Waals surface area contributed by atoms with Crippen LogP contribution in [0, 0.1) is 5.82 Å². The Morgan fingerprint density at radius 3 is 2.88 bits per heavy atom. The Balaban J connectivity index is 1.89. The summed E-state index contributed by atoms with van der Waals surface area (Å²) in [6.07, 6.45) is 1.16. The van der Waals surface area contributed by atoms with Crippen LogP contribution in [0.5, 0.6) is 0 Å². The smallest absolute Gasteiger partial charge is 0.410 e. The summed E-state index contributed by atoms with van der Waals surface area (Å²) in [5.74, 6) is -0.135. The largest absolute Gasteiger partial charge is 0.445 e. The second-order valence-corrected chi connectivity index (χ2v) is 3.99. The van der Waals surface area contributed by atoms with E-state index in [0.29, 0.717) is 18.7 Å². The number of ether oxygens (including phenoxy) is 1. The monoisotopic (exact) mass is 235 g/mol. The molecule has 1 aromatic carbocycles. The van der Waals surface area contributed by atoms with Crippen molar-refractivity contribution in [2.75, 3.05) is 19.7 Å². The number of carbonyl (C=O) groups is 1. The second kappa shape index (κ2) is 4.99. The Hall–Kier alpha value is -1.84. The minimum absolute atomic E-state index is 0.0764. The van der Waals surface area contributed by atoms with Gasteiger partial charge in [0.2, 0.25) is 0 Å². The average molecular weight is 235 g/mol. The molecule has 0 spiro atoms. The van der Waals surface area contributed by atoms with E-state index >= 15 is 0 Å². The van der Waals surface area contributed by atoms with E-state index in [0.717, 1.165) is 0 Å². The number of rotatable bonds is 3. The van der Waals surface area contributed by atoms with Gasteiger partial charge in [-0.25, -0.2) is 9.18 Å². The standard InChI is InChI=1S/C13H14FNO2/c1-2-7-17-13(16)15-8-10(9-15)11-5-3-4-6-12(11)14/h2-6,10H,1,7-9H2. The maximum atomic E-state index is 13.4. The van der Waals surface area contributed by atoms with Crippen LogP contribution in [0.15, 0.2) is 36.9 Å². The molecular weight excluding hydrogens is 221 g/mol. The Morgan fingerprint density at radius 1 is 1.53 bits per heavy atom. The van der Waals surface area contributed by atoms with Gasteiger partial charge in [-0.2, -0.15) is 0 Å². The summed E-state index contributed by atoms with van der Waals surface area (Å²) in [4.78, 5) is 13.0. The fourth-order valence-electron chi connectivity index (χ4n) is 1.85. The minimum Gasteiger partial charge on any atom is -0.445 e. The molecule has 2 rings (SSSR count). The van der Waals surface area contributed by atoms with Gasteiger partial charge in [0, 0.05) is 19.0 Å². The Labute approximate surface area is 99.5 Å². The van der Waals surface area contributed by atoms with E-state index in [2.05, 4.69) is 6.58 Å². The molecule has 0 unspecified atom stereocenters. The first kappa shape index (κ1) is 11.6. The van der Waals surface area contributed by atoms with Crippen molar-refractivity contribution in [3.8, 4) is 0 Å². The van der Waals surface area contributed by atoms with Crippen molar-refractivity contribution in [2.24, 2.45) is 0 Å². The lowest BCUT2D eigenvalue weighted by molar-refractivity contribution is 0.0785. The maximum Gasteiger partial charge on any atom is 0.410 e. The topological polar surface area (TPSA) is 29.5 Å². The summed E-state index contributed by atoms with van der Waals surface area (Å²) < 4.78 is 18.3. The van der Waals surface area contributed by atoms with Crippen molar-refractivity contribution in [1.82, 2.24) is 4.90 Å². The van der Waals surface area contributed by atoms with Gasteiger partial charge < -0.3 is 9.64 Å². The molecule has 4 heteroatoms. The second-order valence-electron chi connectivity index (χ2n) is 3.99. The summed E-state index contributed by atoms with van der Waals surface area (Å²) in [7, 11) is 0. The SMILES string of the molecule is C=CCOC(=O)N1CC(c2ccccc2F)C1. The lowest BCUT2D eigenvalue weighted by Gasteiger charge is -2.38. The molecule has 3 nitrogen and oxygen atoms in total. The molecule has 17 heavy (non-hydrogen) atoms. The van der Waals surface area contributed by atoms with E-state index in [4.69, 9.17) is 4.74 Å². The summed E-state index contributed by atoms with van der Waals surface area (Å²) >= 11 is 0. The molecule has 1 aliphatic rings. The van der Waals surface area contributed by atoms with Gasteiger partial charge in [-0.05, 0) is 11.6 Å². The molecule has 1 amide bonds. The van der Waals surface area contributed by atoms with E-state index in [9.17, 15) is 9.18 Å². The molecule has 0 N–H and O–H groups in total. The number of carbonyl (C=O) groups excluding carboxylic acids is 1. The predicted molar refractivity (Wildman–Crippen MR) is 62.3 cm³/mol. The summed E-state index contributed by atoms with van der Waals surface area (Å²) in [5.41, 5.74) is 0.667. The zero-order valence-corrected chi connectivity index (χ0v) is 9.43. The van der Waals surface area contributed by atoms with Crippen LogP contribution in [0.2, 0.25) is 0 Å². The van der Waals surface area contributed by atoms with Crippen molar-refractivity contribution in [3.05, 3.63) is 48.3 Å². The number of likely N-dealkylation sites (tertiary alicyclic amines) is 1. The quantitative estimate of drug-likeness (QED) is 0.753. The van der Waals surface area contributed by atoms with Gasteiger partial charge >= 0.3 is 6.09 Å². The molecule has 0 atom stereocenters. The first-order chi connectivity index (χ1) is 8.22. The fraction of sp³-hybridized carbons (Fsp3) is 0.308. The highest BCUT2D eigenvalue weighted by atomic mass is 19.1. The number of hydrogen-bond donors (Lipinski definition) is 0. The lowest BCUT2D eigenvalue weighted by Crippen LogP contribution is -2.48. The van der Waals surface area contributed by atoms with Gasteiger partial charge in [-0.1, -0.05) is 30.9 Å². The van der Waals surface area contributed by atoms with Crippen LogP contribution < -0.4 is 0 Å². The van der Waals surface area contributed by atoms with Crippen molar-refractivity contribution < 1.29 is 13.9 Å². The summed E-state index contributed by atoms with van der Waals surface area (Å²) in [5, 5.41) is 0. The normalized spacial score (nSPS) is 15.2. The van der Waals surface area contributed by atoms with Crippen molar-refractivity contribution in [1.29, 1.82) is 0 Å². The molecule has 1 aromatic rings. The van der Waals surface area contributed by atoms with Crippen LogP contribution in [-0.4, -0.2) is 30.7 Å². The molecule has 0 radical (unpaired) electrons. The molecule has 0 bridgehead atoms. The van der Waals surface area contributed by atoms with Crippen LogP contribution in [0.25, 0.3) is 0 Å². The Bertz CT molecular complexity index is 427. The zero-order valence-electron chi connectivity index (χ0n) is 9.43. The molecule has 1 saturated heterocycles. The Kier molecular flexibility index (Phi) is 3.42. The number of benzene rings is 1. The third-order valence-corrected chi connectivity index (χ3v) is 2.81. The van der Waals surface area contributed by atoms with Gasteiger partial charge in [0.25, 0.3) is 0 Å². The number of nitrogens with zero attached hydrogens (tertiary/aromatic N) is 1. The highest BCUT2D eigenvalue weighted by molar-refractivity contribution is 5.69. The van der Waals surface area contributed by atoms with Crippen molar-refractivity contribution >= 4 is 6.09 Å². The fourth-order valence-corrected chi connectivity index (χ4v) is 1.85. The summed E-state index contributed by atoms with van der Waals surface area (Å²) in [6, 6.07) is 6.66. The third-order valence-electron chi connectivity index (χ3n) is 2.81. The highest BCUT2D eigenvalue weighted by Gasteiger charge is 2.33. The third kappa shape index (κ3) is 2.46. The first-order valence-corrected chi connectivity index (χ1v) is 5.49. The number of halogens is 1. The maximum absolute atomic E-state index is 13.4. The van der Waals surface area contributed by atoms with E-state index in [1.807, 2.05) is 0 Å².